The fourth-order valence-corrected chi connectivity index (χ4v) is 3.66. The summed E-state index contributed by atoms with van der Waals surface area (Å²) in [6.45, 7) is 2.47. The van der Waals surface area contributed by atoms with E-state index in [1.165, 1.54) is 11.3 Å². The molecule has 7 heteroatoms. The molecule has 1 aromatic heterocycles. The maximum absolute atomic E-state index is 12.5. The van der Waals surface area contributed by atoms with Gasteiger partial charge in [0.15, 0.2) is 5.13 Å². The van der Waals surface area contributed by atoms with Crippen molar-refractivity contribution in [1.29, 1.82) is 0 Å². The Balaban J connectivity index is 1.52. The van der Waals surface area contributed by atoms with Gasteiger partial charge in [-0.25, -0.2) is 15.8 Å². The van der Waals surface area contributed by atoms with Gasteiger partial charge in [0.05, 0.1) is 12.6 Å². The number of carbonyl (C=O) groups is 1. The van der Waals surface area contributed by atoms with Crippen LogP contribution in [0.4, 0.5) is 5.13 Å². The summed E-state index contributed by atoms with van der Waals surface area (Å²) in [5.74, 6) is 0.850. The molecular weight excluding hydrogens is 300 g/mol. The number of anilines is 1. The molecule has 0 saturated carbocycles. The third-order valence-electron chi connectivity index (χ3n) is 4.07. The first kappa shape index (κ1) is 13.7. The number of fused-ring (bicyclic) bond motifs is 3. The van der Waals surface area contributed by atoms with Crippen molar-refractivity contribution < 1.29 is 9.53 Å². The third kappa shape index (κ3) is 2.27. The lowest BCUT2D eigenvalue weighted by Crippen LogP contribution is -2.43. The Morgan fingerprint density at radius 1 is 1.41 bits per heavy atom. The van der Waals surface area contributed by atoms with Crippen molar-refractivity contribution in [1.82, 2.24) is 15.8 Å². The van der Waals surface area contributed by atoms with Crippen LogP contribution in [0.3, 0.4) is 0 Å². The first-order valence-electron chi connectivity index (χ1n) is 7.18. The Hall–Kier alpha value is -1.96. The van der Waals surface area contributed by atoms with Crippen LogP contribution in [0.2, 0.25) is 0 Å². The average Bonchev–Trinajstić information content (AvgIpc) is 3.13. The maximum atomic E-state index is 12.5. The zero-order valence-electron chi connectivity index (χ0n) is 12.0. The molecule has 1 fully saturated rings. The lowest BCUT2D eigenvalue weighted by molar-refractivity contribution is -0.119. The highest BCUT2D eigenvalue weighted by Gasteiger charge is 2.44. The number of hydrogen-bond acceptors (Lipinski definition) is 6. The number of aromatic nitrogens is 1. The number of para-hydroxylation sites is 1. The standard InChI is InChI=1S/C15H16N4O2S/c1-8-6-16-15(22-8)17-14(20)13-10-7-21-11-5-3-2-4-9(11)12(10)18-19-13/h2-6,10,12-13,18-19H,7H2,1H3,(H,16,17,20). The Morgan fingerprint density at radius 2 is 2.27 bits per heavy atom. The lowest BCUT2D eigenvalue weighted by atomic mass is 9.87. The van der Waals surface area contributed by atoms with E-state index >= 15 is 0 Å². The molecule has 3 N–H and O–H groups in total. The SMILES string of the molecule is Cc1cnc(NC(=O)C2NNC3c4ccccc4OCC23)s1. The Morgan fingerprint density at radius 3 is 3.09 bits per heavy atom. The van der Waals surface area contributed by atoms with Crippen LogP contribution in [-0.2, 0) is 4.79 Å². The van der Waals surface area contributed by atoms with Gasteiger partial charge in [0, 0.05) is 22.6 Å². The van der Waals surface area contributed by atoms with E-state index in [0.717, 1.165) is 16.2 Å². The monoisotopic (exact) mass is 316 g/mol. The summed E-state index contributed by atoms with van der Waals surface area (Å²) < 4.78 is 5.80. The highest BCUT2D eigenvalue weighted by Crippen LogP contribution is 2.39. The van der Waals surface area contributed by atoms with Gasteiger partial charge in [-0.2, -0.15) is 0 Å². The van der Waals surface area contributed by atoms with Gasteiger partial charge in [-0.15, -0.1) is 11.3 Å². The van der Waals surface area contributed by atoms with E-state index in [2.05, 4.69) is 21.2 Å². The summed E-state index contributed by atoms with van der Waals surface area (Å²) in [5.41, 5.74) is 7.42. The van der Waals surface area contributed by atoms with Crippen molar-refractivity contribution in [3.63, 3.8) is 0 Å². The fraction of sp³-hybridized carbons (Fsp3) is 0.333. The molecule has 0 radical (unpaired) electrons. The van der Waals surface area contributed by atoms with Crippen LogP contribution in [0.25, 0.3) is 0 Å². The first-order chi connectivity index (χ1) is 10.7. The molecule has 2 aromatic rings. The number of ether oxygens (including phenoxy) is 1. The number of nitrogens with zero attached hydrogens (tertiary/aromatic N) is 1. The van der Waals surface area contributed by atoms with E-state index in [-0.39, 0.29) is 23.9 Å². The number of benzene rings is 1. The summed E-state index contributed by atoms with van der Waals surface area (Å²) in [4.78, 5) is 17.7. The van der Waals surface area contributed by atoms with Crippen LogP contribution >= 0.6 is 11.3 Å². The van der Waals surface area contributed by atoms with Gasteiger partial charge in [-0.1, -0.05) is 18.2 Å². The number of carbonyl (C=O) groups excluding carboxylic acids is 1. The molecule has 3 heterocycles. The second kappa shape index (κ2) is 5.35. The van der Waals surface area contributed by atoms with E-state index in [9.17, 15) is 4.79 Å². The van der Waals surface area contributed by atoms with Gasteiger partial charge < -0.3 is 10.1 Å². The van der Waals surface area contributed by atoms with E-state index in [0.29, 0.717) is 11.7 Å². The molecule has 3 unspecified atom stereocenters. The minimum atomic E-state index is -0.345. The molecule has 2 aliphatic heterocycles. The zero-order chi connectivity index (χ0) is 15.1. The smallest absolute Gasteiger partial charge is 0.245 e. The lowest BCUT2D eigenvalue weighted by Gasteiger charge is -2.29. The van der Waals surface area contributed by atoms with Crippen molar-refractivity contribution in [2.24, 2.45) is 5.92 Å². The number of hydrogen-bond donors (Lipinski definition) is 3. The molecule has 1 amide bonds. The minimum Gasteiger partial charge on any atom is -0.493 e. The summed E-state index contributed by atoms with van der Waals surface area (Å²) in [6.07, 6.45) is 1.75. The largest absolute Gasteiger partial charge is 0.493 e. The van der Waals surface area contributed by atoms with E-state index in [1.54, 1.807) is 6.20 Å². The quantitative estimate of drug-likeness (QED) is 0.785. The van der Waals surface area contributed by atoms with Crippen LogP contribution < -0.4 is 20.9 Å². The number of hydrazine groups is 1. The topological polar surface area (TPSA) is 75.3 Å². The van der Waals surface area contributed by atoms with Gasteiger partial charge in [-0.3, -0.25) is 4.79 Å². The van der Waals surface area contributed by atoms with Crippen molar-refractivity contribution >= 4 is 22.4 Å². The fourth-order valence-electron chi connectivity index (χ4n) is 3.00. The third-order valence-corrected chi connectivity index (χ3v) is 4.90. The highest BCUT2D eigenvalue weighted by molar-refractivity contribution is 7.15. The number of aryl methyl sites for hydroxylation is 1. The van der Waals surface area contributed by atoms with Crippen molar-refractivity contribution in [3.05, 3.63) is 40.9 Å². The predicted octanol–water partition coefficient (Wildman–Crippen LogP) is 1.62. The molecule has 22 heavy (non-hydrogen) atoms. The number of nitrogens with one attached hydrogen (secondary N) is 3. The molecule has 6 nitrogen and oxygen atoms in total. The van der Waals surface area contributed by atoms with Crippen molar-refractivity contribution in [2.75, 3.05) is 11.9 Å². The van der Waals surface area contributed by atoms with Crippen LogP contribution in [-0.4, -0.2) is 23.5 Å². The van der Waals surface area contributed by atoms with Gasteiger partial charge >= 0.3 is 0 Å². The molecule has 1 aromatic carbocycles. The van der Waals surface area contributed by atoms with Crippen LogP contribution in [0.1, 0.15) is 16.5 Å². The molecule has 4 rings (SSSR count). The second-order valence-electron chi connectivity index (χ2n) is 5.52. The molecule has 1 saturated heterocycles. The Kier molecular flexibility index (Phi) is 3.33. The van der Waals surface area contributed by atoms with Gasteiger partial charge in [-0.05, 0) is 13.0 Å². The zero-order valence-corrected chi connectivity index (χ0v) is 12.8. The second-order valence-corrected chi connectivity index (χ2v) is 6.76. The molecule has 0 aliphatic carbocycles. The summed E-state index contributed by atoms with van der Waals surface area (Å²) in [7, 11) is 0. The first-order valence-corrected chi connectivity index (χ1v) is 8.00. The maximum Gasteiger partial charge on any atom is 0.245 e. The Labute approximate surface area is 131 Å². The van der Waals surface area contributed by atoms with Crippen LogP contribution in [0, 0.1) is 12.8 Å². The minimum absolute atomic E-state index is 0.0518. The molecule has 0 spiro atoms. The molecular formula is C15H16N4O2S. The molecule has 2 aliphatic rings. The van der Waals surface area contributed by atoms with Crippen LogP contribution in [0.5, 0.6) is 5.75 Å². The summed E-state index contributed by atoms with van der Waals surface area (Å²) in [5, 5.41) is 3.50. The summed E-state index contributed by atoms with van der Waals surface area (Å²) in [6, 6.07) is 7.67. The van der Waals surface area contributed by atoms with Crippen LogP contribution in [0.15, 0.2) is 30.5 Å². The Bertz CT molecular complexity index is 717. The van der Waals surface area contributed by atoms with Crippen molar-refractivity contribution in [2.45, 2.75) is 19.0 Å². The highest BCUT2D eigenvalue weighted by atomic mass is 32.1. The normalized spacial score (nSPS) is 26.0. The summed E-state index contributed by atoms with van der Waals surface area (Å²) >= 11 is 1.47. The predicted molar refractivity (Wildman–Crippen MR) is 83.7 cm³/mol. The molecule has 3 atom stereocenters. The van der Waals surface area contributed by atoms with E-state index in [4.69, 9.17) is 4.74 Å². The van der Waals surface area contributed by atoms with Gasteiger partial charge in [0.25, 0.3) is 0 Å². The number of amides is 1. The molecule has 114 valence electrons. The number of thiazole rings is 1. The van der Waals surface area contributed by atoms with Crippen molar-refractivity contribution in [3.8, 4) is 5.75 Å². The van der Waals surface area contributed by atoms with E-state index < -0.39 is 0 Å². The van der Waals surface area contributed by atoms with E-state index in [1.807, 2.05) is 31.2 Å². The van der Waals surface area contributed by atoms with Gasteiger partial charge in [0.2, 0.25) is 5.91 Å². The number of rotatable bonds is 2. The molecule has 0 bridgehead atoms. The van der Waals surface area contributed by atoms with Gasteiger partial charge in [0.1, 0.15) is 11.8 Å². The average molecular weight is 316 g/mol.